The van der Waals surface area contributed by atoms with Crippen LogP contribution in [0.1, 0.15) is 116 Å². The molecule has 0 aliphatic carbocycles. The molecule has 0 spiro atoms. The minimum Gasteiger partial charge on any atom is -0.379 e. The van der Waals surface area contributed by atoms with Crippen molar-refractivity contribution >= 4 is 17.5 Å². The summed E-state index contributed by atoms with van der Waals surface area (Å²) in [4.78, 5) is 33.0. The fourth-order valence-electron chi connectivity index (χ4n) is 3.21. The molecule has 6 heteroatoms. The van der Waals surface area contributed by atoms with Gasteiger partial charge in [0.25, 0.3) is 5.91 Å². The normalized spacial score (nSPS) is 11.0. The van der Waals surface area contributed by atoms with E-state index in [1.807, 2.05) is 57.2 Å². The highest BCUT2D eigenvalue weighted by Gasteiger charge is 2.35. The molecule has 0 unspecified atom stereocenters. The van der Waals surface area contributed by atoms with E-state index in [2.05, 4.69) is 44.7 Å². The highest BCUT2D eigenvalue weighted by atomic mass is 16.5. The molecule has 0 saturated heterocycles. The number of rotatable bonds is 9. The zero-order valence-corrected chi connectivity index (χ0v) is 26.3. The van der Waals surface area contributed by atoms with Crippen LogP contribution in [0.3, 0.4) is 0 Å². The summed E-state index contributed by atoms with van der Waals surface area (Å²) in [5.41, 5.74) is 4.35. The van der Waals surface area contributed by atoms with Crippen LogP contribution in [0.5, 0.6) is 0 Å². The van der Waals surface area contributed by atoms with Gasteiger partial charge in [-0.1, -0.05) is 77.6 Å². The lowest BCUT2D eigenvalue weighted by Crippen LogP contribution is -2.41. The van der Waals surface area contributed by atoms with Gasteiger partial charge in [-0.3, -0.25) is 19.6 Å². The second-order valence-corrected chi connectivity index (χ2v) is 9.01. The van der Waals surface area contributed by atoms with Gasteiger partial charge in [0.05, 0.1) is 6.10 Å². The van der Waals surface area contributed by atoms with Crippen molar-refractivity contribution in [2.75, 3.05) is 6.61 Å². The van der Waals surface area contributed by atoms with E-state index in [9.17, 15) is 14.4 Å². The van der Waals surface area contributed by atoms with Crippen LogP contribution in [-0.2, 0) is 20.7 Å². The molecule has 0 heterocycles. The molecule has 2 aromatic carbocycles. The minimum atomic E-state index is -1.09. The van der Waals surface area contributed by atoms with Gasteiger partial charge in [0, 0.05) is 23.3 Å². The third-order valence-corrected chi connectivity index (χ3v) is 6.40. The van der Waals surface area contributed by atoms with Gasteiger partial charge in [0.15, 0.2) is 5.78 Å². The number of ketones is 2. The molecule has 0 radical (unpaired) electrons. The molecule has 0 bridgehead atoms. The maximum absolute atomic E-state index is 11.2. The predicted molar refractivity (Wildman–Crippen MR) is 165 cm³/mol. The van der Waals surface area contributed by atoms with E-state index in [0.717, 1.165) is 42.6 Å². The van der Waals surface area contributed by atoms with E-state index < -0.39 is 11.3 Å². The zero-order valence-electron chi connectivity index (χ0n) is 26.3. The molecule has 0 aliphatic rings. The Morgan fingerprint density at radius 3 is 1.55 bits per heavy atom. The Labute approximate surface area is 242 Å². The van der Waals surface area contributed by atoms with Crippen molar-refractivity contribution in [3.05, 3.63) is 70.8 Å². The Balaban J connectivity index is 0. The third kappa shape index (κ3) is 14.8. The first-order chi connectivity index (χ1) is 19.0. The molecule has 40 heavy (non-hydrogen) atoms. The average Bonchev–Trinajstić information content (AvgIpc) is 2.99. The molecule has 0 saturated carbocycles. The summed E-state index contributed by atoms with van der Waals surface area (Å²) in [7, 11) is 0. The molecule has 222 valence electrons. The first-order valence-electron chi connectivity index (χ1n) is 14.3. The molecule has 0 aliphatic heterocycles. The van der Waals surface area contributed by atoms with Crippen LogP contribution in [0, 0.1) is 17.3 Å². The topological polar surface area (TPSA) is 92.7 Å². The van der Waals surface area contributed by atoms with Gasteiger partial charge >= 0.3 is 0 Å². The second kappa shape index (κ2) is 22.5. The van der Waals surface area contributed by atoms with Crippen molar-refractivity contribution in [2.45, 2.75) is 101 Å². The van der Waals surface area contributed by atoms with E-state index in [1.54, 1.807) is 13.8 Å². The Kier molecular flexibility index (Phi) is 21.9. The van der Waals surface area contributed by atoms with Crippen molar-refractivity contribution in [3.63, 3.8) is 0 Å². The van der Waals surface area contributed by atoms with Gasteiger partial charge in [-0.25, -0.2) is 5.48 Å². The lowest BCUT2D eigenvalue weighted by molar-refractivity contribution is -0.146. The molecule has 2 rings (SSSR count). The number of nitrogens with one attached hydrogen (secondary N) is 1. The van der Waals surface area contributed by atoms with Crippen molar-refractivity contribution in [3.8, 4) is 11.8 Å². The number of hydrogen-bond donors (Lipinski definition) is 2. The van der Waals surface area contributed by atoms with Crippen molar-refractivity contribution in [1.29, 1.82) is 0 Å². The fraction of sp³-hybridized carbons (Fsp3) is 0.500. The average molecular weight is 554 g/mol. The molecule has 0 aromatic heterocycles. The highest BCUT2D eigenvalue weighted by Crippen LogP contribution is 2.21. The van der Waals surface area contributed by atoms with Crippen LogP contribution in [0.25, 0.3) is 0 Å². The quantitative estimate of drug-likeness (QED) is 0.110. The lowest BCUT2D eigenvalue weighted by Gasteiger charge is -2.21. The molecule has 2 N–H and O–H groups in total. The van der Waals surface area contributed by atoms with Gasteiger partial charge in [0.1, 0.15) is 11.2 Å². The number of hydrogen-bond acceptors (Lipinski definition) is 5. The van der Waals surface area contributed by atoms with Crippen molar-refractivity contribution in [2.24, 2.45) is 5.41 Å². The molecule has 1 atom stereocenters. The molecular weight excluding hydrogens is 502 g/mol. The van der Waals surface area contributed by atoms with Gasteiger partial charge in [-0.15, -0.1) is 0 Å². The highest BCUT2D eigenvalue weighted by molar-refractivity contribution is 6.04. The second-order valence-electron chi connectivity index (χ2n) is 9.01. The smallest absolute Gasteiger partial charge is 0.256 e. The number of carbonyl (C=O) groups excluding carboxylic acids is 3. The number of ether oxygens (including phenoxy) is 1. The largest absolute Gasteiger partial charge is 0.379 e. The summed E-state index contributed by atoms with van der Waals surface area (Å²) >= 11 is 0. The van der Waals surface area contributed by atoms with Crippen molar-refractivity contribution < 1.29 is 24.3 Å². The molecule has 6 nitrogen and oxygen atoms in total. The maximum Gasteiger partial charge on any atom is 0.256 e. The number of Topliss-reactive ketones (excluding diaryl/α,β-unsaturated/α-hetero) is 2. The van der Waals surface area contributed by atoms with Gasteiger partial charge in [-0.2, -0.15) is 0 Å². The first-order valence-corrected chi connectivity index (χ1v) is 14.3. The lowest BCUT2D eigenvalue weighted by atomic mass is 9.83. The van der Waals surface area contributed by atoms with Crippen LogP contribution >= 0.6 is 0 Å². The summed E-state index contributed by atoms with van der Waals surface area (Å²) in [6.07, 6.45) is 4.21. The van der Waals surface area contributed by atoms with Gasteiger partial charge < -0.3 is 4.74 Å². The summed E-state index contributed by atoms with van der Waals surface area (Å²) in [6.45, 7) is 19.5. The van der Waals surface area contributed by atoms with Crippen molar-refractivity contribution in [1.82, 2.24) is 5.48 Å². The number of amides is 1. The van der Waals surface area contributed by atoms with E-state index in [4.69, 9.17) is 9.94 Å². The predicted octanol–water partition coefficient (Wildman–Crippen LogP) is 7.59. The fourth-order valence-corrected chi connectivity index (χ4v) is 3.21. The Morgan fingerprint density at radius 2 is 1.30 bits per heavy atom. The molecule has 0 fully saturated rings. The Bertz CT molecular complexity index is 1040. The number of carbonyl (C=O) groups is 3. The number of aryl methyl sites for hydroxylation is 1. The monoisotopic (exact) mass is 553 g/mol. The van der Waals surface area contributed by atoms with Gasteiger partial charge in [-0.05, 0) is 83.2 Å². The molecule has 1 amide bonds. The van der Waals surface area contributed by atoms with Crippen LogP contribution in [0.15, 0.2) is 48.5 Å². The summed E-state index contributed by atoms with van der Waals surface area (Å²) in [6, 6.07) is 15.7. The SMILES string of the molecule is CC.CCOC(CC)CC.CC[C@@](C)(C(C)=O)C(=O)NO.CCc1ccc(C#Cc2ccc(C(C)=O)cc2)cc1. The van der Waals surface area contributed by atoms with Crippen LogP contribution in [-0.4, -0.2) is 35.4 Å². The van der Waals surface area contributed by atoms with Crippen LogP contribution in [0.4, 0.5) is 0 Å². The minimum absolute atomic E-state index is 0.0784. The Hall–Kier alpha value is -3.27. The number of hydroxylamine groups is 1. The summed E-state index contributed by atoms with van der Waals surface area (Å²) in [5, 5.41) is 8.30. The van der Waals surface area contributed by atoms with Crippen LogP contribution < -0.4 is 5.48 Å². The summed E-state index contributed by atoms with van der Waals surface area (Å²) in [5.74, 6) is 5.42. The zero-order chi connectivity index (χ0) is 31.1. The van der Waals surface area contributed by atoms with E-state index >= 15 is 0 Å². The van der Waals surface area contributed by atoms with E-state index in [-0.39, 0.29) is 11.6 Å². The third-order valence-electron chi connectivity index (χ3n) is 6.40. The van der Waals surface area contributed by atoms with Gasteiger partial charge in [0.2, 0.25) is 0 Å². The standard InChI is InChI=1S/C18H16O.C7H13NO3.C7H16O.C2H6/c1-3-15-4-6-16(7-5-15)8-9-17-10-12-18(13-11-17)14(2)19;1-4-7(3,5(2)9)6(10)8-11;1-4-7(5-2)8-6-3;1-2/h4-7,10-13H,3H2,1-2H3;11H,4H2,1-3H3,(H,8,10);7H,4-6H2,1-3H3;1-2H3/t;7-;;/m.0../s1. The van der Waals surface area contributed by atoms with E-state index in [0.29, 0.717) is 12.5 Å². The molecule has 2 aromatic rings. The maximum atomic E-state index is 11.2. The van der Waals surface area contributed by atoms with E-state index in [1.165, 1.54) is 24.9 Å². The van der Waals surface area contributed by atoms with Crippen LogP contribution in [0.2, 0.25) is 0 Å². The first kappa shape index (κ1) is 38.9. The Morgan fingerprint density at radius 1 is 0.850 bits per heavy atom. The number of benzene rings is 2. The molecular formula is C34H51NO5. The summed E-state index contributed by atoms with van der Waals surface area (Å²) < 4.78 is 5.34.